The maximum atomic E-state index is 8.94. The molecule has 0 aliphatic carbocycles. The minimum atomic E-state index is 0.337. The van der Waals surface area contributed by atoms with Crippen LogP contribution in [0.1, 0.15) is 16.7 Å². The average molecular weight is 205 g/mol. The van der Waals surface area contributed by atoms with Crippen LogP contribution in [0.4, 0.5) is 0 Å². The van der Waals surface area contributed by atoms with Crippen LogP contribution in [0, 0.1) is 19.8 Å². The van der Waals surface area contributed by atoms with Crippen molar-refractivity contribution in [2.75, 3.05) is 19.7 Å². The molecule has 2 nitrogen and oxygen atoms in total. The van der Waals surface area contributed by atoms with Gasteiger partial charge in [0.1, 0.15) is 0 Å². The molecule has 0 saturated carbocycles. The lowest BCUT2D eigenvalue weighted by atomic mass is 9.98. The first kappa shape index (κ1) is 10.7. The van der Waals surface area contributed by atoms with Crippen LogP contribution in [0.25, 0.3) is 0 Å². The van der Waals surface area contributed by atoms with Crippen LogP contribution in [0.3, 0.4) is 0 Å². The molecule has 0 unspecified atom stereocenters. The van der Waals surface area contributed by atoms with Gasteiger partial charge in [-0.2, -0.15) is 0 Å². The molecule has 0 radical (unpaired) electrons. The lowest BCUT2D eigenvalue weighted by Gasteiger charge is -2.38. The number of nitrogens with zero attached hydrogens (tertiary/aromatic N) is 1. The number of aliphatic hydroxyl groups is 1. The Morgan fingerprint density at radius 3 is 2.73 bits per heavy atom. The van der Waals surface area contributed by atoms with E-state index in [4.69, 9.17) is 5.11 Å². The highest BCUT2D eigenvalue weighted by Gasteiger charge is 2.25. The van der Waals surface area contributed by atoms with Crippen LogP contribution in [0.2, 0.25) is 0 Å². The highest BCUT2D eigenvalue weighted by atomic mass is 16.3. The largest absolute Gasteiger partial charge is 0.396 e. The minimum absolute atomic E-state index is 0.337. The Balaban J connectivity index is 1.97. The van der Waals surface area contributed by atoms with Gasteiger partial charge in [0.2, 0.25) is 0 Å². The molecule has 82 valence electrons. The van der Waals surface area contributed by atoms with Crippen molar-refractivity contribution in [2.45, 2.75) is 20.4 Å². The van der Waals surface area contributed by atoms with Gasteiger partial charge in [0.15, 0.2) is 0 Å². The molecular formula is C13H19NO. The Morgan fingerprint density at radius 1 is 1.33 bits per heavy atom. The van der Waals surface area contributed by atoms with E-state index in [9.17, 15) is 0 Å². The number of likely N-dealkylation sites (tertiary alicyclic amines) is 1. The molecule has 1 aliphatic rings. The molecule has 0 bridgehead atoms. The summed E-state index contributed by atoms with van der Waals surface area (Å²) >= 11 is 0. The van der Waals surface area contributed by atoms with Crippen molar-refractivity contribution in [2.24, 2.45) is 5.92 Å². The third-order valence-electron chi connectivity index (χ3n) is 3.19. The Morgan fingerprint density at radius 2 is 2.07 bits per heavy atom. The zero-order valence-electron chi connectivity index (χ0n) is 9.53. The van der Waals surface area contributed by atoms with Gasteiger partial charge < -0.3 is 5.11 Å². The van der Waals surface area contributed by atoms with Gasteiger partial charge in [-0.15, -0.1) is 0 Å². The molecule has 1 aromatic rings. The molecule has 0 atom stereocenters. The van der Waals surface area contributed by atoms with Crippen LogP contribution >= 0.6 is 0 Å². The fourth-order valence-corrected chi connectivity index (χ4v) is 2.13. The smallest absolute Gasteiger partial charge is 0.0483 e. The zero-order valence-corrected chi connectivity index (χ0v) is 9.53. The third-order valence-corrected chi connectivity index (χ3v) is 3.19. The number of aryl methyl sites for hydroxylation is 2. The predicted octanol–water partition coefficient (Wildman–Crippen LogP) is 1.73. The van der Waals surface area contributed by atoms with E-state index in [0.29, 0.717) is 12.5 Å². The molecule has 1 saturated heterocycles. The first-order valence-electron chi connectivity index (χ1n) is 5.58. The summed E-state index contributed by atoms with van der Waals surface area (Å²) in [4.78, 5) is 2.39. The quantitative estimate of drug-likeness (QED) is 0.812. The minimum Gasteiger partial charge on any atom is -0.396 e. The number of benzene rings is 1. The number of rotatable bonds is 3. The SMILES string of the molecule is Cc1ccc(C)c(CN2CC(CO)C2)c1. The second kappa shape index (κ2) is 4.33. The van der Waals surface area contributed by atoms with Crippen molar-refractivity contribution in [3.05, 3.63) is 34.9 Å². The zero-order chi connectivity index (χ0) is 10.8. The molecule has 1 heterocycles. The lowest BCUT2D eigenvalue weighted by Crippen LogP contribution is -2.47. The van der Waals surface area contributed by atoms with Crippen molar-refractivity contribution in [1.29, 1.82) is 0 Å². The van der Waals surface area contributed by atoms with Gasteiger partial charge in [0.05, 0.1) is 0 Å². The summed E-state index contributed by atoms with van der Waals surface area (Å²) in [7, 11) is 0. The predicted molar refractivity (Wildman–Crippen MR) is 61.8 cm³/mol. The van der Waals surface area contributed by atoms with E-state index in [0.717, 1.165) is 19.6 Å². The summed E-state index contributed by atoms with van der Waals surface area (Å²) in [6.07, 6.45) is 0. The van der Waals surface area contributed by atoms with Gasteiger partial charge >= 0.3 is 0 Å². The van der Waals surface area contributed by atoms with E-state index in [1.807, 2.05) is 0 Å². The highest BCUT2D eigenvalue weighted by molar-refractivity contribution is 5.30. The third kappa shape index (κ3) is 2.39. The molecule has 1 N–H and O–H groups in total. The Hall–Kier alpha value is -0.860. The highest BCUT2D eigenvalue weighted by Crippen LogP contribution is 2.20. The van der Waals surface area contributed by atoms with Gasteiger partial charge in [-0.05, 0) is 25.0 Å². The van der Waals surface area contributed by atoms with E-state index < -0.39 is 0 Å². The van der Waals surface area contributed by atoms with Crippen molar-refractivity contribution < 1.29 is 5.11 Å². The standard InChI is InChI=1S/C13H19NO/c1-10-3-4-11(2)13(5-10)8-14-6-12(7-14)9-15/h3-5,12,15H,6-9H2,1-2H3. The number of hydrogen-bond donors (Lipinski definition) is 1. The molecule has 15 heavy (non-hydrogen) atoms. The summed E-state index contributed by atoms with van der Waals surface area (Å²) in [5, 5.41) is 8.94. The molecular weight excluding hydrogens is 186 g/mol. The van der Waals surface area contributed by atoms with Crippen LogP contribution in [0.15, 0.2) is 18.2 Å². The van der Waals surface area contributed by atoms with Gasteiger partial charge in [-0.3, -0.25) is 4.90 Å². The van der Waals surface area contributed by atoms with Crippen LogP contribution < -0.4 is 0 Å². The maximum absolute atomic E-state index is 8.94. The number of hydrogen-bond acceptors (Lipinski definition) is 2. The monoisotopic (exact) mass is 205 g/mol. The summed E-state index contributed by atoms with van der Waals surface area (Å²) in [6.45, 7) is 7.76. The Bertz CT molecular complexity index is 342. The molecule has 0 aromatic heterocycles. The Labute approximate surface area is 91.5 Å². The first-order chi connectivity index (χ1) is 7.19. The van der Waals surface area contributed by atoms with E-state index in [1.165, 1.54) is 16.7 Å². The number of aliphatic hydroxyl groups excluding tert-OH is 1. The normalized spacial score (nSPS) is 17.8. The second-order valence-corrected chi connectivity index (χ2v) is 4.67. The van der Waals surface area contributed by atoms with Crippen LogP contribution in [-0.2, 0) is 6.54 Å². The van der Waals surface area contributed by atoms with Crippen molar-refractivity contribution in [1.82, 2.24) is 4.90 Å². The maximum Gasteiger partial charge on any atom is 0.0483 e. The molecule has 1 fully saturated rings. The Kier molecular flexibility index (Phi) is 3.08. The molecule has 0 spiro atoms. The average Bonchev–Trinajstić information content (AvgIpc) is 2.16. The van der Waals surface area contributed by atoms with Crippen molar-refractivity contribution in [3.63, 3.8) is 0 Å². The van der Waals surface area contributed by atoms with Gasteiger partial charge in [-0.25, -0.2) is 0 Å². The lowest BCUT2D eigenvalue weighted by molar-refractivity contribution is 0.0478. The molecule has 2 heteroatoms. The van der Waals surface area contributed by atoms with E-state index >= 15 is 0 Å². The molecule has 0 amide bonds. The second-order valence-electron chi connectivity index (χ2n) is 4.67. The first-order valence-corrected chi connectivity index (χ1v) is 5.58. The van der Waals surface area contributed by atoms with Crippen molar-refractivity contribution in [3.8, 4) is 0 Å². The summed E-state index contributed by atoms with van der Waals surface area (Å²) in [5.41, 5.74) is 4.12. The van der Waals surface area contributed by atoms with Gasteiger partial charge in [0, 0.05) is 32.2 Å². The molecule has 1 aliphatic heterocycles. The summed E-state index contributed by atoms with van der Waals surface area (Å²) < 4.78 is 0. The fourth-order valence-electron chi connectivity index (χ4n) is 2.13. The van der Waals surface area contributed by atoms with Gasteiger partial charge in [-0.1, -0.05) is 23.8 Å². The van der Waals surface area contributed by atoms with E-state index in [2.05, 4.69) is 36.9 Å². The van der Waals surface area contributed by atoms with Crippen molar-refractivity contribution >= 4 is 0 Å². The van der Waals surface area contributed by atoms with Crippen LogP contribution in [0.5, 0.6) is 0 Å². The van der Waals surface area contributed by atoms with E-state index in [-0.39, 0.29) is 0 Å². The summed E-state index contributed by atoms with van der Waals surface area (Å²) in [5.74, 6) is 0.509. The van der Waals surface area contributed by atoms with Crippen LogP contribution in [-0.4, -0.2) is 29.7 Å². The summed E-state index contributed by atoms with van der Waals surface area (Å²) in [6, 6.07) is 6.61. The molecule has 1 aromatic carbocycles. The van der Waals surface area contributed by atoms with Gasteiger partial charge in [0.25, 0.3) is 0 Å². The fraction of sp³-hybridized carbons (Fsp3) is 0.538. The topological polar surface area (TPSA) is 23.5 Å². The van der Waals surface area contributed by atoms with E-state index in [1.54, 1.807) is 0 Å². The molecule has 2 rings (SSSR count).